The van der Waals surface area contributed by atoms with Crippen molar-refractivity contribution in [1.82, 2.24) is 19.8 Å². The zero-order valence-corrected chi connectivity index (χ0v) is 16.3. The number of aliphatic hydroxyl groups excluding tert-OH is 1. The second-order valence-electron chi connectivity index (χ2n) is 8.49. The Morgan fingerprint density at radius 2 is 2.11 bits per heavy atom. The van der Waals surface area contributed by atoms with Crippen LogP contribution in [0.5, 0.6) is 0 Å². The van der Waals surface area contributed by atoms with E-state index in [1.54, 1.807) is 0 Å². The van der Waals surface area contributed by atoms with Crippen molar-refractivity contribution >= 4 is 0 Å². The Morgan fingerprint density at radius 3 is 2.85 bits per heavy atom. The van der Waals surface area contributed by atoms with Gasteiger partial charge in [-0.25, -0.2) is 4.98 Å². The van der Waals surface area contributed by atoms with E-state index in [1.807, 2.05) is 12.4 Å². The monoisotopic (exact) mass is 368 g/mol. The van der Waals surface area contributed by atoms with Crippen LogP contribution in [0.25, 0.3) is 0 Å². The number of benzene rings is 1. The highest BCUT2D eigenvalue weighted by Gasteiger charge is 2.39. The highest BCUT2D eigenvalue weighted by atomic mass is 16.3. The van der Waals surface area contributed by atoms with Gasteiger partial charge in [-0.1, -0.05) is 30.3 Å². The lowest BCUT2D eigenvalue weighted by molar-refractivity contribution is 0.0551. The summed E-state index contributed by atoms with van der Waals surface area (Å²) in [5.41, 5.74) is 1.18. The highest BCUT2D eigenvalue weighted by Crippen LogP contribution is 2.35. The van der Waals surface area contributed by atoms with Crippen molar-refractivity contribution < 1.29 is 5.11 Å². The van der Waals surface area contributed by atoms with Gasteiger partial charge >= 0.3 is 0 Å². The summed E-state index contributed by atoms with van der Waals surface area (Å²) < 4.78 is 2.15. The van der Waals surface area contributed by atoms with E-state index < -0.39 is 0 Å². The molecule has 2 fully saturated rings. The molecule has 0 spiro atoms. The van der Waals surface area contributed by atoms with E-state index in [-0.39, 0.29) is 12.1 Å². The molecule has 1 aliphatic carbocycles. The van der Waals surface area contributed by atoms with E-state index in [0.717, 1.165) is 45.3 Å². The van der Waals surface area contributed by atoms with Gasteiger partial charge in [-0.2, -0.15) is 0 Å². The van der Waals surface area contributed by atoms with Crippen LogP contribution >= 0.6 is 0 Å². The summed E-state index contributed by atoms with van der Waals surface area (Å²) >= 11 is 0. The van der Waals surface area contributed by atoms with E-state index in [4.69, 9.17) is 0 Å². The van der Waals surface area contributed by atoms with Gasteiger partial charge in [0.1, 0.15) is 5.82 Å². The van der Waals surface area contributed by atoms with Crippen LogP contribution in [-0.2, 0) is 13.6 Å². The number of aryl methyl sites for hydroxylation is 1. The number of aliphatic hydroxyl groups is 1. The molecule has 27 heavy (non-hydrogen) atoms. The van der Waals surface area contributed by atoms with Gasteiger partial charge < -0.3 is 15.0 Å². The molecule has 1 aromatic heterocycles. The molecule has 146 valence electrons. The molecule has 2 aromatic rings. The third-order valence-electron chi connectivity index (χ3n) is 6.37. The zero-order valence-electron chi connectivity index (χ0n) is 16.3. The summed E-state index contributed by atoms with van der Waals surface area (Å²) in [5, 5.41) is 14.2. The van der Waals surface area contributed by atoms with Gasteiger partial charge in [0.05, 0.1) is 12.1 Å². The molecule has 0 radical (unpaired) electrons. The average molecular weight is 369 g/mol. The second-order valence-corrected chi connectivity index (χ2v) is 8.49. The van der Waals surface area contributed by atoms with Crippen molar-refractivity contribution in [2.24, 2.45) is 7.05 Å². The van der Waals surface area contributed by atoms with Crippen molar-refractivity contribution in [2.75, 3.05) is 19.7 Å². The lowest BCUT2D eigenvalue weighted by atomic mass is 9.88. The quantitative estimate of drug-likeness (QED) is 0.823. The van der Waals surface area contributed by atoms with Crippen molar-refractivity contribution in [3.63, 3.8) is 0 Å². The van der Waals surface area contributed by atoms with Gasteiger partial charge in [0.15, 0.2) is 0 Å². The fraction of sp³-hybridized carbons (Fsp3) is 0.591. The molecule has 2 heterocycles. The Kier molecular flexibility index (Phi) is 5.62. The maximum Gasteiger partial charge on any atom is 0.111 e. The zero-order chi connectivity index (χ0) is 18.7. The van der Waals surface area contributed by atoms with Crippen molar-refractivity contribution in [1.29, 1.82) is 0 Å². The number of nitrogens with zero attached hydrogens (tertiary/aromatic N) is 3. The SMILES string of the molecule is Cn1ccnc1C1CCC(NC2(CO)CCCN(Cc3ccccc3)C2)C1. The first-order chi connectivity index (χ1) is 13.2. The van der Waals surface area contributed by atoms with Gasteiger partial charge in [0.2, 0.25) is 0 Å². The van der Waals surface area contributed by atoms with Gasteiger partial charge in [0.25, 0.3) is 0 Å². The van der Waals surface area contributed by atoms with Crippen LogP contribution in [0, 0.1) is 0 Å². The summed E-state index contributed by atoms with van der Waals surface area (Å²) in [5.74, 6) is 1.73. The predicted octanol–water partition coefficient (Wildman–Crippen LogP) is 2.67. The molecule has 1 saturated heterocycles. The van der Waals surface area contributed by atoms with Crippen LogP contribution in [0.1, 0.15) is 49.4 Å². The molecule has 1 saturated carbocycles. The number of aromatic nitrogens is 2. The maximum absolute atomic E-state index is 10.3. The average Bonchev–Trinajstić information content (AvgIpc) is 3.31. The summed E-state index contributed by atoms with van der Waals surface area (Å²) in [7, 11) is 2.08. The number of rotatable bonds is 6. The van der Waals surface area contributed by atoms with Gasteiger partial charge in [0, 0.05) is 44.5 Å². The molecule has 5 nitrogen and oxygen atoms in total. The summed E-state index contributed by atoms with van der Waals surface area (Å²) in [6.07, 6.45) is 9.58. The molecular weight excluding hydrogens is 336 g/mol. The second kappa shape index (κ2) is 8.13. The molecular formula is C22H32N4O. The first-order valence-electron chi connectivity index (χ1n) is 10.3. The third-order valence-corrected chi connectivity index (χ3v) is 6.37. The molecule has 2 N–H and O–H groups in total. The minimum Gasteiger partial charge on any atom is -0.394 e. The summed E-state index contributed by atoms with van der Waals surface area (Å²) in [4.78, 5) is 7.05. The van der Waals surface area contributed by atoms with E-state index in [2.05, 4.69) is 57.1 Å². The Labute approximate surface area is 162 Å². The standard InChI is InChI=1S/C22H32N4O/c1-25-13-11-23-21(25)19-8-9-20(14-19)24-22(17-27)10-5-12-26(16-22)15-18-6-3-2-4-7-18/h2-4,6-7,11,13,19-20,24,27H,5,8-10,12,14-17H2,1H3. The van der Waals surface area contributed by atoms with Crippen molar-refractivity contribution in [3.8, 4) is 0 Å². The minimum atomic E-state index is -0.172. The fourth-order valence-corrected chi connectivity index (χ4v) is 5.05. The van der Waals surface area contributed by atoms with Gasteiger partial charge in [-0.15, -0.1) is 0 Å². The molecule has 0 amide bonds. The highest BCUT2D eigenvalue weighted by molar-refractivity contribution is 5.15. The van der Waals surface area contributed by atoms with Crippen molar-refractivity contribution in [2.45, 2.75) is 56.1 Å². The lowest BCUT2D eigenvalue weighted by Crippen LogP contribution is -2.61. The topological polar surface area (TPSA) is 53.3 Å². The van der Waals surface area contributed by atoms with E-state index in [9.17, 15) is 5.11 Å². The third kappa shape index (κ3) is 4.26. The molecule has 1 aromatic carbocycles. The maximum atomic E-state index is 10.3. The van der Waals surface area contributed by atoms with Crippen LogP contribution in [0.2, 0.25) is 0 Å². The number of likely N-dealkylation sites (tertiary alicyclic amines) is 1. The first kappa shape index (κ1) is 18.7. The lowest BCUT2D eigenvalue weighted by Gasteiger charge is -2.44. The Bertz CT molecular complexity index is 731. The van der Waals surface area contributed by atoms with E-state index >= 15 is 0 Å². The molecule has 4 rings (SSSR count). The van der Waals surface area contributed by atoms with Crippen molar-refractivity contribution in [3.05, 3.63) is 54.1 Å². The van der Waals surface area contributed by atoms with Crippen LogP contribution < -0.4 is 5.32 Å². The smallest absolute Gasteiger partial charge is 0.111 e. The molecule has 1 aliphatic heterocycles. The predicted molar refractivity (Wildman–Crippen MR) is 107 cm³/mol. The largest absolute Gasteiger partial charge is 0.394 e. The normalized spacial score (nSPS) is 29.3. The molecule has 0 bridgehead atoms. The van der Waals surface area contributed by atoms with E-state index in [1.165, 1.54) is 17.8 Å². The number of hydrogen-bond acceptors (Lipinski definition) is 4. The summed E-state index contributed by atoms with van der Waals surface area (Å²) in [6.45, 7) is 3.20. The van der Waals surface area contributed by atoms with Crippen LogP contribution in [0.15, 0.2) is 42.7 Å². The number of imidazole rings is 1. The number of hydrogen-bond donors (Lipinski definition) is 2. The molecule has 2 aliphatic rings. The molecule has 3 unspecified atom stereocenters. The fourth-order valence-electron chi connectivity index (χ4n) is 5.05. The first-order valence-corrected chi connectivity index (χ1v) is 10.3. The Balaban J connectivity index is 1.38. The molecule has 3 atom stereocenters. The Hall–Kier alpha value is -1.69. The van der Waals surface area contributed by atoms with Crippen LogP contribution in [0.4, 0.5) is 0 Å². The Morgan fingerprint density at radius 1 is 1.26 bits per heavy atom. The van der Waals surface area contributed by atoms with Gasteiger partial charge in [-0.05, 0) is 44.2 Å². The molecule has 5 heteroatoms. The summed E-state index contributed by atoms with van der Waals surface area (Å²) in [6, 6.07) is 11.1. The van der Waals surface area contributed by atoms with Gasteiger partial charge in [-0.3, -0.25) is 4.90 Å². The number of piperidine rings is 1. The van der Waals surface area contributed by atoms with Crippen LogP contribution in [-0.4, -0.2) is 50.8 Å². The van der Waals surface area contributed by atoms with E-state index in [0.29, 0.717) is 12.0 Å². The number of nitrogens with one attached hydrogen (secondary N) is 1. The minimum absolute atomic E-state index is 0.172. The van der Waals surface area contributed by atoms with Crippen LogP contribution in [0.3, 0.4) is 0 Å².